The van der Waals surface area contributed by atoms with Gasteiger partial charge in [-0.05, 0) is 26.3 Å². The minimum absolute atomic E-state index is 0. The van der Waals surface area contributed by atoms with Gasteiger partial charge in [0.15, 0.2) is 0 Å². The molecule has 2 atom stereocenters. The van der Waals surface area contributed by atoms with E-state index in [0.29, 0.717) is 0 Å². The van der Waals surface area contributed by atoms with Gasteiger partial charge >= 0.3 is 0 Å². The Hall–Kier alpha value is -0.0700. The van der Waals surface area contributed by atoms with Gasteiger partial charge in [-0.15, -0.1) is 24.8 Å². The lowest BCUT2D eigenvalue weighted by Crippen LogP contribution is -2.49. The molecule has 0 bridgehead atoms. The first-order valence-corrected chi connectivity index (χ1v) is 7.07. The number of halogens is 2. The van der Waals surface area contributed by atoms with E-state index in [1.807, 2.05) is 0 Å². The molecule has 0 aromatic rings. The van der Waals surface area contributed by atoms with Crippen molar-refractivity contribution in [3.63, 3.8) is 0 Å². The number of nitrogens with zero attached hydrogens (tertiary/aromatic N) is 1. The smallest absolute Gasteiger partial charge is 0.224 e. The highest BCUT2D eigenvalue weighted by Crippen LogP contribution is 2.10. The quantitative estimate of drug-likeness (QED) is 0.796. The second-order valence-corrected chi connectivity index (χ2v) is 5.37. The van der Waals surface area contributed by atoms with Crippen molar-refractivity contribution in [3.05, 3.63) is 0 Å². The third-order valence-electron chi connectivity index (χ3n) is 3.69. The third kappa shape index (κ3) is 6.59. The Morgan fingerprint density at radius 2 is 2.10 bits per heavy atom. The molecule has 1 amide bonds. The zero-order chi connectivity index (χ0) is 12.8. The first-order chi connectivity index (χ1) is 8.75. The fraction of sp³-hybridized carbons (Fsp3) is 0.923. The van der Waals surface area contributed by atoms with Crippen LogP contribution >= 0.6 is 24.8 Å². The number of nitrogens with one attached hydrogen (secondary N) is 2. The highest BCUT2D eigenvalue weighted by Gasteiger charge is 2.22. The molecule has 1 unspecified atom stereocenters. The summed E-state index contributed by atoms with van der Waals surface area (Å²) in [4.78, 5) is 14.4. The first-order valence-electron chi connectivity index (χ1n) is 7.07. The minimum Gasteiger partial charge on any atom is -0.379 e. The van der Waals surface area contributed by atoms with E-state index >= 15 is 0 Å². The number of ether oxygens (including phenoxy) is 1. The first kappa shape index (κ1) is 19.9. The molecule has 0 aliphatic carbocycles. The van der Waals surface area contributed by atoms with Crippen molar-refractivity contribution < 1.29 is 9.53 Å². The van der Waals surface area contributed by atoms with Crippen LogP contribution < -0.4 is 10.6 Å². The predicted molar refractivity (Wildman–Crippen MR) is 85.0 cm³/mol. The number of hydrogen-bond donors (Lipinski definition) is 2. The Morgan fingerprint density at radius 3 is 2.70 bits per heavy atom. The van der Waals surface area contributed by atoms with Gasteiger partial charge in [0.1, 0.15) is 0 Å². The molecule has 2 rings (SSSR count). The van der Waals surface area contributed by atoms with E-state index in [9.17, 15) is 4.79 Å². The van der Waals surface area contributed by atoms with Gasteiger partial charge in [0, 0.05) is 32.2 Å². The van der Waals surface area contributed by atoms with Gasteiger partial charge in [-0.3, -0.25) is 9.69 Å². The highest BCUT2D eigenvalue weighted by molar-refractivity contribution is 5.85. The molecular weight excluding hydrogens is 301 g/mol. The van der Waals surface area contributed by atoms with E-state index in [4.69, 9.17) is 4.74 Å². The average Bonchev–Trinajstić information content (AvgIpc) is 2.40. The van der Waals surface area contributed by atoms with E-state index in [2.05, 4.69) is 22.5 Å². The van der Waals surface area contributed by atoms with E-state index in [1.165, 1.54) is 0 Å². The number of carbonyl (C=O) groups excluding carboxylic acids is 1. The summed E-state index contributed by atoms with van der Waals surface area (Å²) in [5.74, 6) is 0.369. The highest BCUT2D eigenvalue weighted by atomic mass is 35.5. The summed E-state index contributed by atoms with van der Waals surface area (Å²) in [7, 11) is 0. The standard InChI is InChI=1S/C13H25N3O2.2ClH/c1-11(10-16-5-7-18-8-6-16)15-13(17)12-3-2-4-14-9-12;;/h11-12,14H,2-10H2,1H3,(H,15,17);2*1H/t11?,12-;;/m1../s1. The zero-order valence-electron chi connectivity index (χ0n) is 12.1. The molecule has 2 heterocycles. The number of hydrogen-bond acceptors (Lipinski definition) is 4. The van der Waals surface area contributed by atoms with Crippen LogP contribution in [-0.4, -0.2) is 62.8 Å². The van der Waals surface area contributed by atoms with Crippen LogP contribution in [0.25, 0.3) is 0 Å². The average molecular weight is 328 g/mol. The van der Waals surface area contributed by atoms with Crippen LogP contribution in [0.5, 0.6) is 0 Å². The number of carbonyl (C=O) groups is 1. The molecule has 0 spiro atoms. The van der Waals surface area contributed by atoms with Crippen LogP contribution in [0, 0.1) is 5.92 Å². The number of amides is 1. The molecule has 0 saturated carbocycles. The molecule has 0 aromatic carbocycles. The maximum atomic E-state index is 12.1. The number of morpholine rings is 1. The zero-order valence-corrected chi connectivity index (χ0v) is 13.7. The summed E-state index contributed by atoms with van der Waals surface area (Å²) in [6.45, 7) is 8.47. The van der Waals surface area contributed by atoms with Crippen LogP contribution in [0.4, 0.5) is 0 Å². The molecule has 20 heavy (non-hydrogen) atoms. The molecule has 0 radical (unpaired) electrons. The predicted octanol–water partition coefficient (Wildman–Crippen LogP) is 0.666. The van der Waals surface area contributed by atoms with Crippen molar-refractivity contribution in [1.82, 2.24) is 15.5 Å². The molecule has 2 aliphatic rings. The van der Waals surface area contributed by atoms with E-state index in [1.54, 1.807) is 0 Å². The van der Waals surface area contributed by atoms with Gasteiger partial charge in [-0.1, -0.05) is 0 Å². The normalized spacial score (nSPS) is 24.9. The van der Waals surface area contributed by atoms with Gasteiger partial charge in [-0.2, -0.15) is 0 Å². The van der Waals surface area contributed by atoms with Crippen LogP contribution in [0.15, 0.2) is 0 Å². The summed E-state index contributed by atoms with van der Waals surface area (Å²) in [5, 5.41) is 6.42. The Morgan fingerprint density at radius 1 is 1.40 bits per heavy atom. The lowest BCUT2D eigenvalue weighted by molar-refractivity contribution is -0.126. The van der Waals surface area contributed by atoms with Crippen molar-refractivity contribution in [2.45, 2.75) is 25.8 Å². The Bertz CT molecular complexity index is 270. The third-order valence-corrected chi connectivity index (χ3v) is 3.69. The van der Waals surface area contributed by atoms with Crippen molar-refractivity contribution in [2.75, 3.05) is 45.9 Å². The second-order valence-electron chi connectivity index (χ2n) is 5.37. The SMILES string of the molecule is CC(CN1CCOCC1)NC(=O)[C@@H]1CCCNC1.Cl.Cl. The lowest BCUT2D eigenvalue weighted by Gasteiger charge is -2.30. The molecule has 5 nitrogen and oxygen atoms in total. The van der Waals surface area contributed by atoms with Crippen LogP contribution in [0.2, 0.25) is 0 Å². The fourth-order valence-corrected chi connectivity index (χ4v) is 2.65. The van der Waals surface area contributed by atoms with E-state index in [-0.39, 0.29) is 42.7 Å². The lowest BCUT2D eigenvalue weighted by atomic mass is 9.98. The largest absolute Gasteiger partial charge is 0.379 e. The molecule has 2 N–H and O–H groups in total. The monoisotopic (exact) mass is 327 g/mol. The summed E-state index contributed by atoms with van der Waals surface area (Å²) in [6, 6.07) is 0.220. The number of rotatable bonds is 4. The molecule has 0 aromatic heterocycles. The van der Waals surface area contributed by atoms with Crippen molar-refractivity contribution in [3.8, 4) is 0 Å². The molecular formula is C13H27Cl2N3O2. The van der Waals surface area contributed by atoms with Crippen molar-refractivity contribution in [2.24, 2.45) is 5.92 Å². The maximum absolute atomic E-state index is 12.1. The van der Waals surface area contributed by atoms with Crippen molar-refractivity contribution in [1.29, 1.82) is 0 Å². The van der Waals surface area contributed by atoms with Crippen LogP contribution in [0.3, 0.4) is 0 Å². The second kappa shape index (κ2) is 10.6. The topological polar surface area (TPSA) is 53.6 Å². The summed E-state index contributed by atoms with van der Waals surface area (Å²) in [5.41, 5.74) is 0. The fourth-order valence-electron chi connectivity index (χ4n) is 2.65. The van der Waals surface area contributed by atoms with Gasteiger partial charge in [0.05, 0.1) is 19.1 Å². The van der Waals surface area contributed by atoms with Crippen LogP contribution in [-0.2, 0) is 9.53 Å². The summed E-state index contributed by atoms with van der Waals surface area (Å²) < 4.78 is 5.32. The molecule has 2 aliphatic heterocycles. The van der Waals surface area contributed by atoms with E-state index < -0.39 is 0 Å². The Balaban J connectivity index is 0.00000180. The molecule has 7 heteroatoms. The van der Waals surface area contributed by atoms with Gasteiger partial charge in [0.2, 0.25) is 5.91 Å². The van der Waals surface area contributed by atoms with Gasteiger partial charge < -0.3 is 15.4 Å². The Kier molecular flexibility index (Phi) is 10.6. The van der Waals surface area contributed by atoms with E-state index in [0.717, 1.165) is 58.8 Å². The Labute approximate surface area is 134 Å². The molecule has 120 valence electrons. The minimum atomic E-state index is 0. The molecule has 2 fully saturated rings. The van der Waals surface area contributed by atoms with Gasteiger partial charge in [-0.25, -0.2) is 0 Å². The maximum Gasteiger partial charge on any atom is 0.224 e. The van der Waals surface area contributed by atoms with Crippen molar-refractivity contribution >= 4 is 30.7 Å². The summed E-state index contributed by atoms with van der Waals surface area (Å²) in [6.07, 6.45) is 2.12. The molecule has 2 saturated heterocycles. The van der Waals surface area contributed by atoms with Crippen LogP contribution in [0.1, 0.15) is 19.8 Å². The number of piperidine rings is 1. The summed E-state index contributed by atoms with van der Waals surface area (Å²) >= 11 is 0. The van der Waals surface area contributed by atoms with Gasteiger partial charge in [0.25, 0.3) is 0 Å².